The standard InChI is InChI=1S/C55H102O5/c1-3-5-7-9-11-13-15-17-19-21-22-23-24-25-26-27-28-29-30-31-32-34-35-37-39-41-43-45-47-49-54(57)59-52-53(51-56)60-55(58)50-48-46-44-42-40-38-36-33-20-18-16-14-12-10-8-6-4-2/h6,8,12,14,18,20,53,56H,3-5,7,9-11,13,15-17,19,21-52H2,1-2H3/b8-6-,14-12-,20-18-. The number of hydrogen-bond donors (Lipinski definition) is 1. The predicted octanol–water partition coefficient (Wildman–Crippen LogP) is 17.5. The van der Waals surface area contributed by atoms with E-state index < -0.39 is 6.10 Å². The van der Waals surface area contributed by atoms with E-state index in [1.54, 1.807) is 0 Å². The molecule has 0 fully saturated rings. The number of carbonyl (C=O) groups is 2. The maximum atomic E-state index is 12.2. The molecule has 0 saturated heterocycles. The summed E-state index contributed by atoms with van der Waals surface area (Å²) in [6, 6.07) is 0. The highest BCUT2D eigenvalue weighted by Crippen LogP contribution is 2.17. The second-order valence-corrected chi connectivity index (χ2v) is 17.9. The Kier molecular flexibility index (Phi) is 49.9. The lowest BCUT2D eigenvalue weighted by atomic mass is 10.0. The number of unbranched alkanes of at least 4 members (excludes halogenated alkanes) is 35. The summed E-state index contributed by atoms with van der Waals surface area (Å²) < 4.78 is 10.7. The van der Waals surface area contributed by atoms with Crippen LogP contribution >= 0.6 is 0 Å². The zero-order valence-electron chi connectivity index (χ0n) is 40.2. The smallest absolute Gasteiger partial charge is 0.306 e. The lowest BCUT2D eigenvalue weighted by Gasteiger charge is -2.15. The minimum Gasteiger partial charge on any atom is -0.462 e. The monoisotopic (exact) mass is 843 g/mol. The van der Waals surface area contributed by atoms with Crippen LogP contribution in [0.5, 0.6) is 0 Å². The van der Waals surface area contributed by atoms with Crippen LogP contribution in [-0.4, -0.2) is 36.4 Å². The Hall–Kier alpha value is -1.88. The fraction of sp³-hybridized carbons (Fsp3) is 0.855. The summed E-state index contributed by atoms with van der Waals surface area (Å²) in [4.78, 5) is 24.4. The fourth-order valence-electron chi connectivity index (χ4n) is 7.98. The highest BCUT2D eigenvalue weighted by atomic mass is 16.6. The molecular formula is C55H102O5. The van der Waals surface area contributed by atoms with E-state index in [4.69, 9.17) is 9.47 Å². The molecule has 5 nitrogen and oxygen atoms in total. The van der Waals surface area contributed by atoms with Crippen LogP contribution in [0.25, 0.3) is 0 Å². The van der Waals surface area contributed by atoms with E-state index in [0.29, 0.717) is 12.8 Å². The van der Waals surface area contributed by atoms with Crippen molar-refractivity contribution in [2.45, 2.75) is 290 Å². The van der Waals surface area contributed by atoms with Gasteiger partial charge in [0.25, 0.3) is 0 Å². The molecule has 352 valence electrons. The topological polar surface area (TPSA) is 72.8 Å². The van der Waals surface area contributed by atoms with Gasteiger partial charge in [-0.1, -0.05) is 262 Å². The van der Waals surface area contributed by atoms with Crippen LogP contribution in [0.4, 0.5) is 0 Å². The van der Waals surface area contributed by atoms with Gasteiger partial charge in [-0.2, -0.15) is 0 Å². The lowest BCUT2D eigenvalue weighted by Crippen LogP contribution is -2.28. The lowest BCUT2D eigenvalue weighted by molar-refractivity contribution is -0.161. The molecular weight excluding hydrogens is 741 g/mol. The number of carbonyl (C=O) groups excluding carboxylic acids is 2. The van der Waals surface area contributed by atoms with Gasteiger partial charge in [0, 0.05) is 12.8 Å². The summed E-state index contributed by atoms with van der Waals surface area (Å²) in [6.07, 6.45) is 65.5. The molecule has 5 heteroatoms. The summed E-state index contributed by atoms with van der Waals surface area (Å²) in [5.41, 5.74) is 0. The molecule has 0 aliphatic carbocycles. The van der Waals surface area contributed by atoms with E-state index in [2.05, 4.69) is 50.3 Å². The van der Waals surface area contributed by atoms with Crippen LogP contribution in [0.15, 0.2) is 36.5 Å². The molecule has 1 N–H and O–H groups in total. The highest BCUT2D eigenvalue weighted by molar-refractivity contribution is 5.70. The average Bonchev–Trinajstić information content (AvgIpc) is 3.25. The molecule has 0 aliphatic rings. The van der Waals surface area contributed by atoms with Crippen LogP contribution in [0.2, 0.25) is 0 Å². The molecule has 0 saturated carbocycles. The Morgan fingerprint density at radius 3 is 1.08 bits per heavy atom. The van der Waals surface area contributed by atoms with E-state index in [9.17, 15) is 14.7 Å². The maximum absolute atomic E-state index is 12.2. The molecule has 0 heterocycles. The number of esters is 2. The maximum Gasteiger partial charge on any atom is 0.306 e. The van der Waals surface area contributed by atoms with E-state index in [1.165, 1.54) is 193 Å². The number of hydrogen-bond acceptors (Lipinski definition) is 5. The minimum atomic E-state index is -0.775. The van der Waals surface area contributed by atoms with Crippen LogP contribution in [-0.2, 0) is 19.1 Å². The summed E-state index contributed by atoms with van der Waals surface area (Å²) in [7, 11) is 0. The van der Waals surface area contributed by atoms with Crippen LogP contribution in [0.1, 0.15) is 284 Å². The first-order chi connectivity index (χ1) is 29.6. The molecule has 0 rings (SSSR count). The molecule has 0 aromatic rings. The van der Waals surface area contributed by atoms with Crippen molar-refractivity contribution in [1.29, 1.82) is 0 Å². The van der Waals surface area contributed by atoms with Crippen molar-refractivity contribution < 1.29 is 24.2 Å². The quantitative estimate of drug-likeness (QED) is 0.0375. The number of rotatable bonds is 49. The Bertz CT molecular complexity index is 955. The first-order valence-corrected chi connectivity index (χ1v) is 26.5. The van der Waals surface area contributed by atoms with Gasteiger partial charge in [0.2, 0.25) is 0 Å². The van der Waals surface area contributed by atoms with Crippen molar-refractivity contribution in [3.05, 3.63) is 36.5 Å². The van der Waals surface area contributed by atoms with Crippen LogP contribution in [0, 0.1) is 0 Å². The van der Waals surface area contributed by atoms with Crippen LogP contribution < -0.4 is 0 Å². The van der Waals surface area contributed by atoms with Gasteiger partial charge in [0.15, 0.2) is 6.10 Å². The molecule has 0 aliphatic heterocycles. The zero-order valence-corrected chi connectivity index (χ0v) is 40.2. The molecule has 0 spiro atoms. The van der Waals surface area contributed by atoms with E-state index >= 15 is 0 Å². The molecule has 0 aromatic heterocycles. The summed E-state index contributed by atoms with van der Waals surface area (Å²) in [5, 5.41) is 9.62. The van der Waals surface area contributed by atoms with Crippen molar-refractivity contribution >= 4 is 11.9 Å². The van der Waals surface area contributed by atoms with Gasteiger partial charge in [-0.25, -0.2) is 0 Å². The Labute approximate surface area is 374 Å². The zero-order chi connectivity index (χ0) is 43.5. The van der Waals surface area contributed by atoms with Gasteiger partial charge in [-0.15, -0.1) is 0 Å². The third-order valence-electron chi connectivity index (χ3n) is 11.9. The molecule has 60 heavy (non-hydrogen) atoms. The van der Waals surface area contributed by atoms with Gasteiger partial charge < -0.3 is 14.6 Å². The Morgan fingerprint density at radius 2 is 0.717 bits per heavy atom. The average molecular weight is 843 g/mol. The molecule has 0 aromatic carbocycles. The van der Waals surface area contributed by atoms with Crippen molar-refractivity contribution in [3.8, 4) is 0 Å². The van der Waals surface area contributed by atoms with Gasteiger partial charge >= 0.3 is 11.9 Å². The van der Waals surface area contributed by atoms with E-state index in [1.807, 2.05) is 0 Å². The fourth-order valence-corrected chi connectivity index (χ4v) is 7.98. The summed E-state index contributed by atoms with van der Waals surface area (Å²) >= 11 is 0. The largest absolute Gasteiger partial charge is 0.462 e. The Balaban J connectivity index is 3.42. The molecule has 0 radical (unpaired) electrons. The number of ether oxygens (including phenoxy) is 2. The molecule has 1 atom stereocenters. The van der Waals surface area contributed by atoms with Gasteiger partial charge in [-0.3, -0.25) is 9.59 Å². The van der Waals surface area contributed by atoms with Crippen molar-refractivity contribution in [2.75, 3.05) is 13.2 Å². The third-order valence-corrected chi connectivity index (χ3v) is 11.9. The van der Waals surface area contributed by atoms with Crippen molar-refractivity contribution in [1.82, 2.24) is 0 Å². The molecule has 0 amide bonds. The van der Waals surface area contributed by atoms with Crippen molar-refractivity contribution in [2.24, 2.45) is 0 Å². The number of aliphatic hydroxyl groups is 1. The predicted molar refractivity (Wildman–Crippen MR) is 261 cm³/mol. The first kappa shape index (κ1) is 58.1. The van der Waals surface area contributed by atoms with Gasteiger partial charge in [0.05, 0.1) is 6.61 Å². The second kappa shape index (κ2) is 51.5. The molecule has 1 unspecified atom stereocenters. The highest BCUT2D eigenvalue weighted by Gasteiger charge is 2.16. The first-order valence-electron chi connectivity index (χ1n) is 26.5. The minimum absolute atomic E-state index is 0.0663. The SMILES string of the molecule is CC/C=C\C/C=C\C/C=C\CCCCCCCCCC(=O)OC(CO)COC(=O)CCCCCCCCCCCCCCCCCCCCCCCCCCCCCCC. The number of aliphatic hydroxyl groups excluding tert-OH is 1. The van der Waals surface area contributed by atoms with Gasteiger partial charge in [-0.05, 0) is 44.9 Å². The van der Waals surface area contributed by atoms with Crippen molar-refractivity contribution in [3.63, 3.8) is 0 Å². The molecule has 0 bridgehead atoms. The number of allylic oxidation sites excluding steroid dienone is 6. The third kappa shape index (κ3) is 48.8. The normalized spacial score (nSPS) is 12.4. The summed E-state index contributed by atoms with van der Waals surface area (Å²) in [5.74, 6) is -0.589. The van der Waals surface area contributed by atoms with E-state index in [0.717, 1.165) is 64.2 Å². The Morgan fingerprint density at radius 1 is 0.400 bits per heavy atom. The summed E-state index contributed by atoms with van der Waals surface area (Å²) in [6.45, 7) is 4.06. The van der Waals surface area contributed by atoms with Crippen LogP contribution in [0.3, 0.4) is 0 Å². The van der Waals surface area contributed by atoms with Gasteiger partial charge in [0.1, 0.15) is 6.61 Å². The second-order valence-electron chi connectivity index (χ2n) is 17.9. The van der Waals surface area contributed by atoms with E-state index in [-0.39, 0.29) is 25.2 Å².